The van der Waals surface area contributed by atoms with E-state index >= 15 is 0 Å². The molecule has 2 N–H and O–H groups in total. The molecule has 0 radical (unpaired) electrons. The van der Waals surface area contributed by atoms with Gasteiger partial charge >= 0.3 is 0 Å². The molecule has 0 aromatic carbocycles. The first-order valence-electron chi connectivity index (χ1n) is 5.93. The van der Waals surface area contributed by atoms with Crippen molar-refractivity contribution in [1.82, 2.24) is 4.90 Å². The van der Waals surface area contributed by atoms with Gasteiger partial charge in [0.15, 0.2) is 0 Å². The normalized spacial score (nSPS) is 18.8. The first-order valence-corrected chi connectivity index (χ1v) is 7.53. The summed E-state index contributed by atoms with van der Waals surface area (Å²) >= 11 is 5.19. The van der Waals surface area contributed by atoms with Gasteiger partial charge in [0.2, 0.25) is 5.91 Å². The lowest BCUT2D eigenvalue weighted by Gasteiger charge is -2.15. The number of nitrogens with zero attached hydrogens (tertiary/aromatic N) is 1. The Bertz CT molecular complexity index is 399. The molecular weight excluding hydrogens is 336 g/mol. The third-order valence-corrected chi connectivity index (χ3v) is 4.70. The number of aryl methyl sites for hydroxylation is 1. The van der Waals surface area contributed by atoms with Gasteiger partial charge in [-0.25, -0.2) is 0 Å². The Hall–Kier alpha value is -0.100. The topological polar surface area (TPSA) is 46.3 Å². The molecule has 102 valence electrons. The Balaban J connectivity index is 0.00000162. The van der Waals surface area contributed by atoms with E-state index in [1.54, 1.807) is 11.3 Å². The first-order chi connectivity index (χ1) is 8.15. The number of likely N-dealkylation sites (tertiary alicyclic amines) is 1. The number of carbonyl (C=O) groups excluding carboxylic acids is 1. The minimum absolute atomic E-state index is 0. The molecule has 3 nitrogen and oxygen atoms in total. The smallest absolute Gasteiger partial charge is 0.222 e. The van der Waals surface area contributed by atoms with Crippen molar-refractivity contribution in [1.29, 1.82) is 0 Å². The molecule has 0 spiro atoms. The van der Waals surface area contributed by atoms with Crippen LogP contribution in [-0.2, 0) is 11.2 Å². The summed E-state index contributed by atoms with van der Waals surface area (Å²) in [6, 6.07) is 4.36. The van der Waals surface area contributed by atoms with Crippen LogP contribution in [0, 0.1) is 0 Å². The van der Waals surface area contributed by atoms with E-state index in [2.05, 4.69) is 28.1 Å². The molecule has 2 rings (SSSR count). The van der Waals surface area contributed by atoms with Crippen LogP contribution in [0.5, 0.6) is 0 Å². The quantitative estimate of drug-likeness (QED) is 0.904. The lowest BCUT2D eigenvalue weighted by atomic mass is 10.2. The molecular formula is C12H18BrClN2OS. The maximum Gasteiger partial charge on any atom is 0.222 e. The highest BCUT2D eigenvalue weighted by Gasteiger charge is 2.22. The standard InChI is InChI=1S/C12H17BrN2OS.ClH/c13-11-5-4-10(17-11)2-1-3-12(16)15-7-6-9(14)8-15;/h4-5,9H,1-3,6-8,14H2;1H/t9-;/m1./s1. The van der Waals surface area contributed by atoms with E-state index < -0.39 is 0 Å². The number of thiophene rings is 1. The third-order valence-electron chi connectivity index (χ3n) is 3.02. The van der Waals surface area contributed by atoms with Gasteiger partial charge in [0.25, 0.3) is 0 Å². The van der Waals surface area contributed by atoms with Gasteiger partial charge in [0.05, 0.1) is 3.79 Å². The fraction of sp³-hybridized carbons (Fsp3) is 0.583. The number of amides is 1. The van der Waals surface area contributed by atoms with Crippen molar-refractivity contribution in [3.63, 3.8) is 0 Å². The highest BCUT2D eigenvalue weighted by molar-refractivity contribution is 9.11. The zero-order valence-corrected chi connectivity index (χ0v) is 13.3. The fourth-order valence-corrected chi connectivity index (χ4v) is 3.60. The molecule has 0 bridgehead atoms. The summed E-state index contributed by atoms with van der Waals surface area (Å²) in [6.45, 7) is 1.58. The van der Waals surface area contributed by atoms with Crippen LogP contribution in [0.25, 0.3) is 0 Å². The molecule has 6 heteroatoms. The van der Waals surface area contributed by atoms with E-state index in [4.69, 9.17) is 5.73 Å². The summed E-state index contributed by atoms with van der Waals surface area (Å²) in [5, 5.41) is 0. The van der Waals surface area contributed by atoms with Crippen molar-refractivity contribution in [2.24, 2.45) is 5.73 Å². The molecule has 1 atom stereocenters. The zero-order chi connectivity index (χ0) is 12.3. The highest BCUT2D eigenvalue weighted by Crippen LogP contribution is 2.23. The van der Waals surface area contributed by atoms with Crippen molar-refractivity contribution in [2.45, 2.75) is 31.7 Å². The SMILES string of the molecule is Cl.N[C@@H]1CCN(C(=O)CCCc2ccc(Br)s2)C1. The van der Waals surface area contributed by atoms with Gasteiger partial charge in [0, 0.05) is 30.4 Å². The highest BCUT2D eigenvalue weighted by atomic mass is 79.9. The minimum Gasteiger partial charge on any atom is -0.341 e. The van der Waals surface area contributed by atoms with Gasteiger partial charge in [-0.05, 0) is 47.3 Å². The summed E-state index contributed by atoms with van der Waals surface area (Å²) in [5.41, 5.74) is 5.79. The lowest BCUT2D eigenvalue weighted by molar-refractivity contribution is -0.130. The van der Waals surface area contributed by atoms with Gasteiger partial charge in [-0.1, -0.05) is 0 Å². The molecule has 1 aliphatic rings. The number of carbonyl (C=O) groups is 1. The van der Waals surface area contributed by atoms with Crippen molar-refractivity contribution >= 4 is 45.6 Å². The molecule has 1 fully saturated rings. The van der Waals surface area contributed by atoms with Crippen molar-refractivity contribution < 1.29 is 4.79 Å². The molecule has 2 heterocycles. The van der Waals surface area contributed by atoms with Gasteiger partial charge in [-0.15, -0.1) is 23.7 Å². The second-order valence-electron chi connectivity index (χ2n) is 4.45. The van der Waals surface area contributed by atoms with Gasteiger partial charge in [0.1, 0.15) is 0 Å². The Labute approximate surface area is 126 Å². The van der Waals surface area contributed by atoms with E-state index in [1.807, 2.05) is 4.90 Å². The van der Waals surface area contributed by atoms with Crippen LogP contribution in [0.4, 0.5) is 0 Å². The van der Waals surface area contributed by atoms with Crippen LogP contribution >= 0.6 is 39.7 Å². The molecule has 0 aliphatic carbocycles. The third kappa shape index (κ3) is 4.53. The number of hydrogen-bond donors (Lipinski definition) is 1. The molecule has 1 amide bonds. The number of rotatable bonds is 4. The number of nitrogens with two attached hydrogens (primary N) is 1. The van der Waals surface area contributed by atoms with E-state index in [-0.39, 0.29) is 24.4 Å². The predicted octanol–water partition coefficient (Wildman–Crippen LogP) is 2.81. The largest absolute Gasteiger partial charge is 0.341 e. The van der Waals surface area contributed by atoms with Gasteiger partial charge in [-0.2, -0.15) is 0 Å². The van der Waals surface area contributed by atoms with Crippen LogP contribution in [0.2, 0.25) is 0 Å². The predicted molar refractivity (Wildman–Crippen MR) is 81.4 cm³/mol. The van der Waals surface area contributed by atoms with Gasteiger partial charge in [-0.3, -0.25) is 4.79 Å². The van der Waals surface area contributed by atoms with Crippen molar-refractivity contribution in [3.05, 3.63) is 20.8 Å². The second kappa shape index (κ2) is 7.48. The Morgan fingerprint density at radius 3 is 2.89 bits per heavy atom. The summed E-state index contributed by atoms with van der Waals surface area (Å²) in [5.74, 6) is 0.258. The van der Waals surface area contributed by atoms with Crippen LogP contribution in [0.3, 0.4) is 0 Å². The lowest BCUT2D eigenvalue weighted by Crippen LogP contribution is -2.31. The van der Waals surface area contributed by atoms with Crippen molar-refractivity contribution in [2.75, 3.05) is 13.1 Å². The van der Waals surface area contributed by atoms with E-state index in [0.29, 0.717) is 6.42 Å². The number of hydrogen-bond acceptors (Lipinski definition) is 3. The molecule has 1 saturated heterocycles. The average Bonchev–Trinajstić information content (AvgIpc) is 2.88. The van der Waals surface area contributed by atoms with Crippen LogP contribution in [0.1, 0.15) is 24.1 Å². The number of halogens is 2. The maximum absolute atomic E-state index is 11.9. The van der Waals surface area contributed by atoms with Crippen LogP contribution in [-0.4, -0.2) is 29.9 Å². The Kier molecular flexibility index (Phi) is 6.63. The Morgan fingerprint density at radius 2 is 2.33 bits per heavy atom. The summed E-state index contributed by atoms with van der Waals surface area (Å²) in [7, 11) is 0. The van der Waals surface area contributed by atoms with E-state index in [0.717, 1.165) is 36.1 Å². The summed E-state index contributed by atoms with van der Waals surface area (Å²) in [6.07, 6.45) is 3.51. The van der Waals surface area contributed by atoms with Crippen LogP contribution < -0.4 is 5.73 Å². The zero-order valence-electron chi connectivity index (χ0n) is 10.1. The maximum atomic E-state index is 11.9. The molecule has 18 heavy (non-hydrogen) atoms. The molecule has 1 aromatic rings. The molecule has 1 aromatic heterocycles. The molecule has 1 aliphatic heterocycles. The van der Waals surface area contributed by atoms with Crippen molar-refractivity contribution in [3.8, 4) is 0 Å². The second-order valence-corrected chi connectivity index (χ2v) is 7.00. The van der Waals surface area contributed by atoms with E-state index in [9.17, 15) is 4.79 Å². The molecule has 0 saturated carbocycles. The summed E-state index contributed by atoms with van der Waals surface area (Å²) < 4.78 is 1.16. The first kappa shape index (κ1) is 16.0. The van der Waals surface area contributed by atoms with Gasteiger partial charge < -0.3 is 10.6 Å². The minimum atomic E-state index is 0. The monoisotopic (exact) mass is 352 g/mol. The fourth-order valence-electron chi connectivity index (χ4n) is 2.07. The Morgan fingerprint density at radius 1 is 1.56 bits per heavy atom. The van der Waals surface area contributed by atoms with Crippen LogP contribution in [0.15, 0.2) is 15.9 Å². The molecule has 0 unspecified atom stereocenters. The van der Waals surface area contributed by atoms with E-state index in [1.165, 1.54) is 4.88 Å². The average molecular weight is 354 g/mol. The summed E-state index contributed by atoms with van der Waals surface area (Å²) in [4.78, 5) is 15.1.